The number of nitrogens with one attached hydrogen (secondary N) is 1. The van der Waals surface area contributed by atoms with Gasteiger partial charge in [0.05, 0.1) is 12.2 Å². The minimum absolute atomic E-state index is 0.117. The summed E-state index contributed by atoms with van der Waals surface area (Å²) in [6.45, 7) is 7.16. The van der Waals surface area contributed by atoms with Crippen molar-refractivity contribution >= 4 is 11.4 Å². The molecular formula is C19H26F2N3O2-. The molecule has 2 fully saturated rings. The number of halogens is 2. The average Bonchev–Trinajstić information content (AvgIpc) is 2.85. The number of rotatable bonds is 4. The molecular weight excluding hydrogens is 340 g/mol. The normalized spacial score (nSPS) is 23.7. The van der Waals surface area contributed by atoms with Gasteiger partial charge in [-0.1, -0.05) is 0 Å². The van der Waals surface area contributed by atoms with Crippen LogP contribution in [0.2, 0.25) is 0 Å². The van der Waals surface area contributed by atoms with Crippen LogP contribution in [0.5, 0.6) is 5.75 Å². The molecule has 3 heterocycles. The molecule has 0 unspecified atom stereocenters. The third kappa shape index (κ3) is 3.22. The van der Waals surface area contributed by atoms with Gasteiger partial charge in [0.25, 0.3) is 6.43 Å². The first kappa shape index (κ1) is 17.8. The molecule has 0 radical (unpaired) electrons. The van der Waals surface area contributed by atoms with E-state index in [9.17, 15) is 14.0 Å². The highest BCUT2D eigenvalue weighted by atomic mass is 19.3. The van der Waals surface area contributed by atoms with Crippen LogP contribution in [-0.4, -0.2) is 49.7 Å². The lowest BCUT2D eigenvalue weighted by atomic mass is 9.72. The molecule has 0 saturated carbocycles. The second kappa shape index (κ2) is 6.23. The van der Waals surface area contributed by atoms with Crippen molar-refractivity contribution in [3.8, 4) is 5.75 Å². The summed E-state index contributed by atoms with van der Waals surface area (Å²) >= 11 is 0. The summed E-state index contributed by atoms with van der Waals surface area (Å²) in [5.74, 6) is 0.857. The summed E-state index contributed by atoms with van der Waals surface area (Å²) in [6, 6.07) is 3.89. The molecule has 144 valence electrons. The van der Waals surface area contributed by atoms with Crippen molar-refractivity contribution in [2.24, 2.45) is 5.41 Å². The van der Waals surface area contributed by atoms with E-state index in [4.69, 9.17) is 4.74 Å². The van der Waals surface area contributed by atoms with Gasteiger partial charge in [-0.2, -0.15) is 0 Å². The zero-order valence-electron chi connectivity index (χ0n) is 15.4. The van der Waals surface area contributed by atoms with E-state index in [1.54, 1.807) is 0 Å². The van der Waals surface area contributed by atoms with Gasteiger partial charge in [0, 0.05) is 49.9 Å². The van der Waals surface area contributed by atoms with Crippen LogP contribution in [0.15, 0.2) is 12.1 Å². The van der Waals surface area contributed by atoms with E-state index < -0.39 is 6.43 Å². The van der Waals surface area contributed by atoms with Gasteiger partial charge in [-0.3, -0.25) is 4.90 Å². The second-order valence-electron chi connectivity index (χ2n) is 8.67. The van der Waals surface area contributed by atoms with Crippen molar-refractivity contribution in [2.45, 2.75) is 45.1 Å². The lowest BCUT2D eigenvalue weighted by Crippen LogP contribution is -2.61. The SMILES string of the molecule is CC1(C)Cc2cc(N[O-])c(N3CCC4(CC3)CN(CC(F)F)C4)cc2O1. The molecule has 2 saturated heterocycles. The summed E-state index contributed by atoms with van der Waals surface area (Å²) < 4.78 is 31.0. The van der Waals surface area contributed by atoms with Crippen LogP contribution in [-0.2, 0) is 6.42 Å². The third-order valence-corrected chi connectivity index (χ3v) is 5.97. The number of fused-ring (bicyclic) bond motifs is 1. The van der Waals surface area contributed by atoms with Crippen LogP contribution in [0.4, 0.5) is 20.2 Å². The highest BCUT2D eigenvalue weighted by Crippen LogP contribution is 2.45. The standard InChI is InChI=1S/C19H26F2N3O2/c1-18(2)9-13-7-14(22-25)15(8-16(13)26-18)24-5-3-19(4-6-24)11-23(12-19)10-17(20)21/h7-8,17,22H,3-6,9-12H2,1-2H3/q-1. The molecule has 0 aliphatic carbocycles. The Morgan fingerprint density at radius 2 is 1.92 bits per heavy atom. The third-order valence-electron chi connectivity index (χ3n) is 5.97. The number of ether oxygens (including phenoxy) is 1. The highest BCUT2D eigenvalue weighted by molar-refractivity contribution is 5.75. The molecule has 0 amide bonds. The lowest BCUT2D eigenvalue weighted by molar-refractivity contribution is -0.0487. The molecule has 1 N–H and O–H groups in total. The second-order valence-corrected chi connectivity index (χ2v) is 8.67. The average molecular weight is 366 g/mol. The summed E-state index contributed by atoms with van der Waals surface area (Å²) in [5, 5.41) is 11.5. The van der Waals surface area contributed by atoms with Gasteiger partial charge in [-0.25, -0.2) is 8.78 Å². The molecule has 4 rings (SSSR count). The van der Waals surface area contributed by atoms with Crippen molar-refractivity contribution in [2.75, 3.05) is 43.1 Å². The number of nitrogens with zero attached hydrogens (tertiary/aromatic N) is 2. The minimum Gasteiger partial charge on any atom is -0.761 e. The van der Waals surface area contributed by atoms with E-state index in [2.05, 4.69) is 10.4 Å². The molecule has 0 bridgehead atoms. The van der Waals surface area contributed by atoms with Crippen molar-refractivity contribution in [1.29, 1.82) is 0 Å². The molecule has 3 aliphatic rings. The smallest absolute Gasteiger partial charge is 0.251 e. The number of hydrogen-bond donors (Lipinski definition) is 1. The first-order chi connectivity index (χ1) is 12.3. The first-order valence-electron chi connectivity index (χ1n) is 9.29. The molecule has 7 heteroatoms. The van der Waals surface area contributed by atoms with E-state index in [1.807, 2.05) is 30.9 Å². The maximum atomic E-state index is 12.5. The Morgan fingerprint density at radius 3 is 2.54 bits per heavy atom. The number of anilines is 2. The van der Waals surface area contributed by atoms with Gasteiger partial charge >= 0.3 is 0 Å². The van der Waals surface area contributed by atoms with Crippen molar-refractivity contribution in [3.63, 3.8) is 0 Å². The van der Waals surface area contributed by atoms with Gasteiger partial charge < -0.3 is 20.3 Å². The van der Waals surface area contributed by atoms with Crippen LogP contribution in [0, 0.1) is 10.6 Å². The van der Waals surface area contributed by atoms with E-state index >= 15 is 0 Å². The fourth-order valence-corrected chi connectivity index (χ4v) is 4.75. The van der Waals surface area contributed by atoms with E-state index in [1.165, 1.54) is 0 Å². The molecule has 1 spiro atoms. The Morgan fingerprint density at radius 1 is 1.23 bits per heavy atom. The predicted octanol–water partition coefficient (Wildman–Crippen LogP) is 3.48. The molecule has 3 aliphatic heterocycles. The van der Waals surface area contributed by atoms with Crippen LogP contribution in [0.1, 0.15) is 32.3 Å². The van der Waals surface area contributed by atoms with Crippen LogP contribution < -0.4 is 15.1 Å². The van der Waals surface area contributed by atoms with Gasteiger partial charge in [0.15, 0.2) is 0 Å². The van der Waals surface area contributed by atoms with E-state index in [0.717, 1.165) is 62.4 Å². The number of likely N-dealkylation sites (tertiary alicyclic amines) is 1. The Hall–Kier alpha value is -1.60. The number of alkyl halides is 2. The minimum atomic E-state index is -2.26. The summed E-state index contributed by atoms with van der Waals surface area (Å²) in [6.07, 6.45) is 0.470. The molecule has 1 aromatic carbocycles. The Balaban J connectivity index is 1.44. The zero-order valence-corrected chi connectivity index (χ0v) is 15.4. The Kier molecular flexibility index (Phi) is 4.27. The monoisotopic (exact) mass is 366 g/mol. The maximum Gasteiger partial charge on any atom is 0.251 e. The fourth-order valence-electron chi connectivity index (χ4n) is 4.75. The summed E-state index contributed by atoms with van der Waals surface area (Å²) in [5.41, 5.74) is 4.56. The van der Waals surface area contributed by atoms with Gasteiger partial charge in [-0.15, -0.1) is 0 Å². The van der Waals surface area contributed by atoms with Crippen LogP contribution >= 0.6 is 0 Å². The predicted molar refractivity (Wildman–Crippen MR) is 98.2 cm³/mol. The van der Waals surface area contributed by atoms with Crippen molar-refractivity contribution in [3.05, 3.63) is 22.9 Å². The molecule has 26 heavy (non-hydrogen) atoms. The highest BCUT2D eigenvalue weighted by Gasteiger charge is 2.45. The zero-order chi connectivity index (χ0) is 18.5. The largest absolute Gasteiger partial charge is 0.761 e. The van der Waals surface area contributed by atoms with Gasteiger partial charge in [-0.05, 0) is 38.2 Å². The number of piperidine rings is 1. The molecule has 5 nitrogen and oxygen atoms in total. The maximum absolute atomic E-state index is 12.5. The first-order valence-corrected chi connectivity index (χ1v) is 9.29. The van der Waals surface area contributed by atoms with E-state index in [-0.39, 0.29) is 17.6 Å². The Labute approximate surface area is 152 Å². The number of hydrogen-bond acceptors (Lipinski definition) is 5. The Bertz CT molecular complexity index is 680. The lowest BCUT2D eigenvalue weighted by Gasteiger charge is -2.54. The van der Waals surface area contributed by atoms with Gasteiger partial charge in [0.2, 0.25) is 0 Å². The summed E-state index contributed by atoms with van der Waals surface area (Å²) in [7, 11) is 0. The van der Waals surface area contributed by atoms with Crippen LogP contribution in [0.25, 0.3) is 0 Å². The molecule has 0 aromatic heterocycles. The topological polar surface area (TPSA) is 50.8 Å². The number of benzene rings is 1. The quantitative estimate of drug-likeness (QED) is 0.827. The summed E-state index contributed by atoms with van der Waals surface area (Å²) in [4.78, 5) is 4.06. The molecule has 1 aromatic rings. The molecule has 0 atom stereocenters. The van der Waals surface area contributed by atoms with Gasteiger partial charge in [0.1, 0.15) is 11.4 Å². The van der Waals surface area contributed by atoms with E-state index in [0.29, 0.717) is 5.69 Å². The van der Waals surface area contributed by atoms with Crippen LogP contribution in [0.3, 0.4) is 0 Å². The van der Waals surface area contributed by atoms with Crippen molar-refractivity contribution in [1.82, 2.24) is 4.90 Å². The fraction of sp³-hybridized carbons (Fsp3) is 0.684. The van der Waals surface area contributed by atoms with Crippen molar-refractivity contribution < 1.29 is 13.5 Å².